The van der Waals surface area contributed by atoms with Gasteiger partial charge in [0.25, 0.3) is 0 Å². The first kappa shape index (κ1) is 11.2. The fraction of sp³-hybridized carbons (Fsp3) is 0.556. The maximum Gasteiger partial charge on any atom is 0.322 e. The van der Waals surface area contributed by atoms with Crippen LogP contribution in [0.2, 0.25) is 0 Å². The summed E-state index contributed by atoms with van der Waals surface area (Å²) in [5.74, 6) is -0.695. The fourth-order valence-electron chi connectivity index (χ4n) is 1.08. The van der Waals surface area contributed by atoms with Gasteiger partial charge in [0.15, 0.2) is 0 Å². The number of nitriles is 1. The normalized spacial score (nSPS) is 11.8. The second-order valence-electron chi connectivity index (χ2n) is 3.09. The Morgan fingerprint density at radius 1 is 1.67 bits per heavy atom. The van der Waals surface area contributed by atoms with Gasteiger partial charge in [-0.2, -0.15) is 5.26 Å². The minimum Gasteiger partial charge on any atom is -0.408 e. The zero-order valence-electron chi connectivity index (χ0n) is 8.65. The molecular weight excluding hydrogens is 196 g/mol. The smallest absolute Gasteiger partial charge is 0.322 e. The highest BCUT2D eigenvalue weighted by molar-refractivity contribution is 5.92. The summed E-state index contributed by atoms with van der Waals surface area (Å²) in [6.07, 6.45) is 1.30. The number of aryl methyl sites for hydroxylation is 1. The van der Waals surface area contributed by atoms with Crippen molar-refractivity contribution in [1.29, 1.82) is 5.26 Å². The molecule has 1 amide bonds. The molecule has 0 fully saturated rings. The van der Waals surface area contributed by atoms with E-state index < -0.39 is 11.8 Å². The number of aromatic nitrogens is 2. The van der Waals surface area contributed by atoms with Crippen LogP contribution in [0.25, 0.3) is 0 Å². The quantitative estimate of drug-likeness (QED) is 0.804. The Labute approximate surface area is 87.3 Å². The molecule has 1 N–H and O–H groups in total. The lowest BCUT2D eigenvalue weighted by molar-refractivity contribution is -0.118. The zero-order chi connectivity index (χ0) is 11.3. The molecule has 1 unspecified atom stereocenters. The Hall–Kier alpha value is -1.90. The summed E-state index contributed by atoms with van der Waals surface area (Å²) in [5, 5.41) is 18.3. The molecule has 1 heterocycles. The van der Waals surface area contributed by atoms with E-state index in [9.17, 15) is 4.79 Å². The largest absolute Gasteiger partial charge is 0.408 e. The molecule has 0 radical (unpaired) electrons. The van der Waals surface area contributed by atoms with Crippen LogP contribution in [0.3, 0.4) is 0 Å². The lowest BCUT2D eigenvalue weighted by atomic mass is 10.1. The highest BCUT2D eigenvalue weighted by Crippen LogP contribution is 2.10. The van der Waals surface area contributed by atoms with Gasteiger partial charge in [0, 0.05) is 6.92 Å². The van der Waals surface area contributed by atoms with Crippen LogP contribution in [-0.4, -0.2) is 16.1 Å². The number of anilines is 1. The van der Waals surface area contributed by atoms with E-state index in [0.29, 0.717) is 12.3 Å². The molecule has 1 aromatic heterocycles. The van der Waals surface area contributed by atoms with E-state index in [1.807, 2.05) is 13.0 Å². The average molecular weight is 208 g/mol. The molecule has 0 aromatic carbocycles. The second-order valence-corrected chi connectivity index (χ2v) is 3.09. The SMILES string of the molecule is CCCC(C#N)C(=O)Nc1nnc(C)o1. The molecule has 15 heavy (non-hydrogen) atoms. The maximum absolute atomic E-state index is 11.5. The molecule has 0 bridgehead atoms. The number of amides is 1. The third-order valence-electron chi connectivity index (χ3n) is 1.81. The summed E-state index contributed by atoms with van der Waals surface area (Å²) >= 11 is 0. The van der Waals surface area contributed by atoms with Crippen LogP contribution in [0.15, 0.2) is 4.42 Å². The van der Waals surface area contributed by atoms with Crippen LogP contribution in [0.5, 0.6) is 0 Å². The summed E-state index contributed by atoms with van der Waals surface area (Å²) in [6.45, 7) is 3.53. The van der Waals surface area contributed by atoms with Crippen molar-refractivity contribution in [3.8, 4) is 6.07 Å². The number of hydrogen-bond donors (Lipinski definition) is 1. The van der Waals surface area contributed by atoms with Gasteiger partial charge < -0.3 is 4.42 Å². The Balaban J connectivity index is 2.58. The van der Waals surface area contributed by atoms with Crippen molar-refractivity contribution in [3.63, 3.8) is 0 Å². The molecule has 0 aliphatic heterocycles. The third kappa shape index (κ3) is 3.06. The van der Waals surface area contributed by atoms with Crippen molar-refractivity contribution in [3.05, 3.63) is 5.89 Å². The maximum atomic E-state index is 11.5. The molecule has 0 saturated carbocycles. The van der Waals surface area contributed by atoms with E-state index in [1.165, 1.54) is 0 Å². The highest BCUT2D eigenvalue weighted by Gasteiger charge is 2.18. The highest BCUT2D eigenvalue weighted by atomic mass is 16.4. The number of carbonyl (C=O) groups excluding carboxylic acids is 1. The third-order valence-corrected chi connectivity index (χ3v) is 1.81. The van der Waals surface area contributed by atoms with Gasteiger partial charge in [0.1, 0.15) is 5.92 Å². The molecule has 80 valence electrons. The summed E-state index contributed by atoms with van der Waals surface area (Å²) < 4.78 is 4.96. The van der Waals surface area contributed by atoms with Crippen molar-refractivity contribution < 1.29 is 9.21 Å². The van der Waals surface area contributed by atoms with E-state index in [0.717, 1.165) is 6.42 Å². The Kier molecular flexibility index (Phi) is 3.80. The Bertz CT molecular complexity index is 380. The van der Waals surface area contributed by atoms with Crippen molar-refractivity contribution in [1.82, 2.24) is 10.2 Å². The lowest BCUT2D eigenvalue weighted by Gasteiger charge is -2.04. The van der Waals surface area contributed by atoms with Crippen LogP contribution in [-0.2, 0) is 4.79 Å². The van der Waals surface area contributed by atoms with Gasteiger partial charge in [-0.15, -0.1) is 5.10 Å². The van der Waals surface area contributed by atoms with E-state index in [1.54, 1.807) is 6.92 Å². The molecule has 0 aliphatic rings. The molecule has 0 aliphatic carbocycles. The predicted octanol–water partition coefficient (Wildman–Crippen LogP) is 1.26. The van der Waals surface area contributed by atoms with Crippen molar-refractivity contribution >= 4 is 11.9 Å². The van der Waals surface area contributed by atoms with E-state index >= 15 is 0 Å². The molecule has 6 heteroatoms. The molecule has 1 aromatic rings. The van der Waals surface area contributed by atoms with Crippen molar-refractivity contribution in [2.75, 3.05) is 5.32 Å². The molecule has 1 rings (SSSR count). The van der Waals surface area contributed by atoms with Gasteiger partial charge in [0.05, 0.1) is 6.07 Å². The van der Waals surface area contributed by atoms with Gasteiger partial charge in [-0.05, 0) is 6.42 Å². The van der Waals surface area contributed by atoms with Crippen LogP contribution >= 0.6 is 0 Å². The van der Waals surface area contributed by atoms with Gasteiger partial charge in [-0.25, -0.2) is 0 Å². The van der Waals surface area contributed by atoms with Crippen LogP contribution < -0.4 is 5.32 Å². The minimum absolute atomic E-state index is 0.0360. The summed E-state index contributed by atoms with van der Waals surface area (Å²) in [7, 11) is 0. The second kappa shape index (κ2) is 5.10. The molecule has 6 nitrogen and oxygen atoms in total. The molecule has 0 spiro atoms. The predicted molar refractivity (Wildman–Crippen MR) is 51.7 cm³/mol. The summed E-state index contributed by atoms with van der Waals surface area (Å²) in [4.78, 5) is 11.5. The first-order valence-corrected chi connectivity index (χ1v) is 4.68. The molecule has 1 atom stereocenters. The zero-order valence-corrected chi connectivity index (χ0v) is 8.65. The number of carbonyl (C=O) groups is 1. The number of nitrogens with zero attached hydrogens (tertiary/aromatic N) is 3. The van der Waals surface area contributed by atoms with Gasteiger partial charge >= 0.3 is 6.01 Å². The lowest BCUT2D eigenvalue weighted by Crippen LogP contribution is -2.21. The van der Waals surface area contributed by atoms with Gasteiger partial charge in [-0.1, -0.05) is 18.4 Å². The molecule has 0 saturated heterocycles. The van der Waals surface area contributed by atoms with E-state index in [4.69, 9.17) is 9.68 Å². The Morgan fingerprint density at radius 3 is 2.87 bits per heavy atom. The van der Waals surface area contributed by atoms with Crippen molar-refractivity contribution in [2.45, 2.75) is 26.7 Å². The first-order valence-electron chi connectivity index (χ1n) is 4.68. The van der Waals surface area contributed by atoms with Crippen LogP contribution in [0, 0.1) is 24.2 Å². The monoisotopic (exact) mass is 208 g/mol. The van der Waals surface area contributed by atoms with E-state index in [-0.39, 0.29) is 6.01 Å². The summed E-state index contributed by atoms with van der Waals surface area (Å²) in [6, 6.07) is 1.96. The number of nitrogens with one attached hydrogen (secondary N) is 1. The number of rotatable bonds is 4. The fourth-order valence-corrected chi connectivity index (χ4v) is 1.08. The topological polar surface area (TPSA) is 91.8 Å². The standard InChI is InChI=1S/C9H12N4O2/c1-3-4-7(5-10)8(14)11-9-13-12-6(2)15-9/h7H,3-4H2,1-2H3,(H,11,13,14). The van der Waals surface area contributed by atoms with Crippen LogP contribution in [0.1, 0.15) is 25.7 Å². The van der Waals surface area contributed by atoms with E-state index in [2.05, 4.69) is 15.5 Å². The van der Waals surface area contributed by atoms with Crippen molar-refractivity contribution in [2.24, 2.45) is 5.92 Å². The van der Waals surface area contributed by atoms with Gasteiger partial charge in [0.2, 0.25) is 11.8 Å². The molecular formula is C9H12N4O2. The van der Waals surface area contributed by atoms with Gasteiger partial charge in [-0.3, -0.25) is 10.1 Å². The Morgan fingerprint density at radius 2 is 2.40 bits per heavy atom. The minimum atomic E-state index is -0.665. The number of hydrogen-bond acceptors (Lipinski definition) is 5. The van der Waals surface area contributed by atoms with Crippen LogP contribution in [0.4, 0.5) is 6.01 Å². The summed E-state index contributed by atoms with van der Waals surface area (Å²) in [5.41, 5.74) is 0. The average Bonchev–Trinajstić information content (AvgIpc) is 2.60. The first-order chi connectivity index (χ1) is 7.17.